The third-order valence-electron chi connectivity index (χ3n) is 7.95. The molecule has 7 atom stereocenters. The van der Waals surface area contributed by atoms with Crippen molar-refractivity contribution < 1.29 is 49.3 Å². The summed E-state index contributed by atoms with van der Waals surface area (Å²) in [6, 6.07) is 3.80. The van der Waals surface area contributed by atoms with Crippen LogP contribution in [-0.2, 0) is 15.9 Å². The van der Waals surface area contributed by atoms with Crippen LogP contribution in [0.4, 0.5) is 0 Å². The summed E-state index contributed by atoms with van der Waals surface area (Å²) in [7, 11) is 1.35. The standard InChI is InChI=1S/C27H31NO10/c1-10-22(30)14(28)7-17(37-10)38-16-9-27(35,11(2)29)8-13-19(16)26(34)21-20(24(13)32)23(31)12-5-4-6-15(36-3)18(12)25(21)33/h4-6,10-11,14,16-17,22,29-30,32,34-35H,7-9,28H2,1-3H3/t10-,11-,14-,16-,17-,22+,27-/m0/s1. The molecule has 1 aliphatic heterocycles. The van der Waals surface area contributed by atoms with Crippen molar-refractivity contribution in [2.75, 3.05) is 7.11 Å². The molecule has 0 amide bonds. The van der Waals surface area contributed by atoms with Gasteiger partial charge in [0.15, 0.2) is 12.1 Å². The van der Waals surface area contributed by atoms with Crippen LogP contribution in [0.25, 0.3) is 0 Å². The molecule has 0 saturated carbocycles. The summed E-state index contributed by atoms with van der Waals surface area (Å²) >= 11 is 0. The molecule has 0 radical (unpaired) electrons. The number of aliphatic hydroxyl groups is 3. The number of phenolic OH excluding ortho intramolecular Hbond substituents is 2. The number of hydrogen-bond donors (Lipinski definition) is 6. The molecule has 5 rings (SSSR count). The number of ether oxygens (including phenoxy) is 3. The van der Waals surface area contributed by atoms with E-state index in [2.05, 4.69) is 0 Å². The minimum absolute atomic E-state index is 0.00187. The molecule has 11 heteroatoms. The largest absolute Gasteiger partial charge is 0.507 e. The number of hydrogen-bond acceptors (Lipinski definition) is 11. The van der Waals surface area contributed by atoms with E-state index in [0.717, 1.165) is 0 Å². The van der Waals surface area contributed by atoms with E-state index >= 15 is 0 Å². The molecule has 0 unspecified atom stereocenters. The number of aliphatic hydroxyl groups excluding tert-OH is 2. The second kappa shape index (κ2) is 9.30. The molecule has 2 aromatic carbocycles. The van der Waals surface area contributed by atoms with Crippen LogP contribution in [0, 0.1) is 0 Å². The third kappa shape index (κ3) is 3.89. The molecule has 1 saturated heterocycles. The Morgan fingerprint density at radius 1 is 1.13 bits per heavy atom. The van der Waals surface area contributed by atoms with Gasteiger partial charge in [0.05, 0.1) is 53.8 Å². The van der Waals surface area contributed by atoms with Gasteiger partial charge in [-0.3, -0.25) is 9.59 Å². The van der Waals surface area contributed by atoms with Crippen LogP contribution in [-0.4, -0.2) is 80.5 Å². The van der Waals surface area contributed by atoms with Crippen LogP contribution in [0.1, 0.15) is 75.8 Å². The van der Waals surface area contributed by atoms with E-state index in [1.807, 2.05) is 0 Å². The Morgan fingerprint density at radius 2 is 1.82 bits per heavy atom. The van der Waals surface area contributed by atoms with Gasteiger partial charge in [-0.15, -0.1) is 0 Å². The quantitative estimate of drug-likeness (QED) is 0.263. The van der Waals surface area contributed by atoms with Crippen LogP contribution >= 0.6 is 0 Å². The van der Waals surface area contributed by atoms with Gasteiger partial charge in [0.25, 0.3) is 0 Å². The van der Waals surface area contributed by atoms with Gasteiger partial charge in [0.2, 0.25) is 5.78 Å². The van der Waals surface area contributed by atoms with Gasteiger partial charge in [-0.2, -0.15) is 0 Å². The Hall–Kier alpha value is -3.06. The lowest BCUT2D eigenvalue weighted by Gasteiger charge is -2.43. The Morgan fingerprint density at radius 3 is 2.45 bits per heavy atom. The maximum atomic E-state index is 13.6. The fraction of sp³-hybridized carbons (Fsp3) is 0.481. The number of methoxy groups -OCH3 is 1. The maximum Gasteiger partial charge on any atom is 0.202 e. The number of benzene rings is 2. The highest BCUT2D eigenvalue weighted by molar-refractivity contribution is 6.31. The van der Waals surface area contributed by atoms with Crippen molar-refractivity contribution in [2.45, 2.75) is 75.5 Å². The molecule has 7 N–H and O–H groups in total. The number of phenols is 2. The van der Waals surface area contributed by atoms with E-state index in [4.69, 9.17) is 19.9 Å². The van der Waals surface area contributed by atoms with Gasteiger partial charge in [-0.25, -0.2) is 0 Å². The van der Waals surface area contributed by atoms with Crippen LogP contribution in [0.5, 0.6) is 17.2 Å². The van der Waals surface area contributed by atoms with Gasteiger partial charge >= 0.3 is 0 Å². The topological polar surface area (TPSA) is 189 Å². The maximum absolute atomic E-state index is 13.6. The summed E-state index contributed by atoms with van der Waals surface area (Å²) in [6.07, 6.45) is -5.47. The van der Waals surface area contributed by atoms with Gasteiger partial charge in [-0.1, -0.05) is 12.1 Å². The van der Waals surface area contributed by atoms with E-state index < -0.39 is 76.5 Å². The average Bonchev–Trinajstić information content (AvgIpc) is 2.87. The van der Waals surface area contributed by atoms with E-state index in [1.165, 1.54) is 32.2 Å². The van der Waals surface area contributed by atoms with Crippen molar-refractivity contribution in [2.24, 2.45) is 5.73 Å². The number of carbonyl (C=O) groups is 2. The minimum atomic E-state index is -1.80. The zero-order valence-corrected chi connectivity index (χ0v) is 21.2. The fourth-order valence-electron chi connectivity index (χ4n) is 5.74. The number of fused-ring (bicyclic) bond motifs is 3. The number of carbonyl (C=O) groups excluding carboxylic acids is 2. The second-order valence-electron chi connectivity index (χ2n) is 10.3. The van der Waals surface area contributed by atoms with E-state index in [-0.39, 0.29) is 47.3 Å². The molecule has 1 fully saturated rings. The Balaban J connectivity index is 1.68. The molecular formula is C27H31NO10. The van der Waals surface area contributed by atoms with E-state index in [0.29, 0.717) is 0 Å². The minimum Gasteiger partial charge on any atom is -0.507 e. The molecule has 204 valence electrons. The predicted molar refractivity (Wildman–Crippen MR) is 131 cm³/mol. The van der Waals surface area contributed by atoms with Crippen molar-refractivity contribution >= 4 is 11.6 Å². The van der Waals surface area contributed by atoms with Crippen LogP contribution in [0.3, 0.4) is 0 Å². The van der Waals surface area contributed by atoms with Gasteiger partial charge < -0.3 is 45.5 Å². The first kappa shape index (κ1) is 26.5. The molecule has 2 aliphatic carbocycles. The lowest BCUT2D eigenvalue weighted by atomic mass is 9.71. The summed E-state index contributed by atoms with van der Waals surface area (Å²) in [5.41, 5.74) is 3.37. The number of ketones is 2. The first-order valence-corrected chi connectivity index (χ1v) is 12.4. The van der Waals surface area contributed by atoms with Crippen molar-refractivity contribution in [1.82, 2.24) is 0 Å². The first-order chi connectivity index (χ1) is 17.9. The highest BCUT2D eigenvalue weighted by Gasteiger charge is 2.49. The van der Waals surface area contributed by atoms with Gasteiger partial charge in [-0.05, 0) is 19.9 Å². The third-order valence-corrected chi connectivity index (χ3v) is 7.95. The molecule has 2 aromatic rings. The average molecular weight is 530 g/mol. The lowest BCUT2D eigenvalue weighted by Crippen LogP contribution is -2.53. The molecule has 1 heterocycles. The van der Waals surface area contributed by atoms with Crippen molar-refractivity contribution in [3.05, 3.63) is 51.6 Å². The Labute approximate surface area is 218 Å². The number of aromatic hydroxyl groups is 2. The molecule has 0 aromatic heterocycles. The molecular weight excluding hydrogens is 498 g/mol. The summed E-state index contributed by atoms with van der Waals surface area (Å²) < 4.78 is 17.1. The number of nitrogens with two attached hydrogens (primary N) is 1. The van der Waals surface area contributed by atoms with Crippen LogP contribution in [0.15, 0.2) is 18.2 Å². The monoisotopic (exact) mass is 529 g/mol. The SMILES string of the molecule is COc1cccc2c1C(=O)c1c(O)c3c(c(O)c1C2=O)C[C@@](O)([C@H](C)O)C[C@@H]3O[C@H]1C[C@H](N)[C@H](O)[C@H](C)O1. The summed E-state index contributed by atoms with van der Waals surface area (Å²) in [5.74, 6) is -2.44. The summed E-state index contributed by atoms with van der Waals surface area (Å²) in [5, 5.41) is 54.7. The highest BCUT2D eigenvalue weighted by Crippen LogP contribution is 2.52. The van der Waals surface area contributed by atoms with Gasteiger partial charge in [0, 0.05) is 42.0 Å². The normalized spacial score (nSPS) is 31.3. The summed E-state index contributed by atoms with van der Waals surface area (Å²) in [6.45, 7) is 3.00. The summed E-state index contributed by atoms with van der Waals surface area (Å²) in [4.78, 5) is 27.1. The molecule has 0 spiro atoms. The molecule has 11 nitrogen and oxygen atoms in total. The Bertz CT molecular complexity index is 1310. The second-order valence-corrected chi connectivity index (χ2v) is 10.3. The molecule has 3 aliphatic rings. The van der Waals surface area contributed by atoms with Gasteiger partial charge in [0.1, 0.15) is 17.2 Å². The smallest absolute Gasteiger partial charge is 0.202 e. The zero-order valence-electron chi connectivity index (χ0n) is 21.2. The van der Waals surface area contributed by atoms with E-state index in [9.17, 15) is 35.1 Å². The fourth-order valence-corrected chi connectivity index (χ4v) is 5.74. The zero-order chi connectivity index (χ0) is 27.7. The molecule has 38 heavy (non-hydrogen) atoms. The molecule has 0 bridgehead atoms. The first-order valence-electron chi connectivity index (χ1n) is 12.4. The predicted octanol–water partition coefficient (Wildman–Crippen LogP) is 0.821. The highest BCUT2D eigenvalue weighted by atomic mass is 16.7. The van der Waals surface area contributed by atoms with Crippen LogP contribution in [0.2, 0.25) is 0 Å². The van der Waals surface area contributed by atoms with Crippen molar-refractivity contribution in [3.8, 4) is 17.2 Å². The van der Waals surface area contributed by atoms with Crippen molar-refractivity contribution in [1.29, 1.82) is 0 Å². The van der Waals surface area contributed by atoms with Crippen molar-refractivity contribution in [3.63, 3.8) is 0 Å². The van der Waals surface area contributed by atoms with Crippen LogP contribution < -0.4 is 10.5 Å². The lowest BCUT2D eigenvalue weighted by molar-refractivity contribution is -0.250. The number of rotatable bonds is 4. The Kier molecular flexibility index (Phi) is 6.49. The van der Waals surface area contributed by atoms with E-state index in [1.54, 1.807) is 6.92 Å².